The monoisotopic (exact) mass is 622 g/mol. The summed E-state index contributed by atoms with van der Waals surface area (Å²) in [5.74, 6) is 0.507. The molecule has 4 rings (SSSR count). The molecule has 2 aromatic heterocycles. The number of pyridine rings is 1. The van der Waals surface area contributed by atoms with E-state index < -0.39 is 5.97 Å². The molecule has 42 heavy (non-hydrogen) atoms. The van der Waals surface area contributed by atoms with Crippen molar-refractivity contribution in [3.8, 4) is 39.6 Å². The Balaban J connectivity index is 0.00000155. The van der Waals surface area contributed by atoms with E-state index in [4.69, 9.17) is 37.6 Å². The molecule has 10 nitrogen and oxygen atoms in total. The molecule has 2 aromatic carbocycles. The van der Waals surface area contributed by atoms with Crippen LogP contribution in [0.3, 0.4) is 0 Å². The van der Waals surface area contributed by atoms with Gasteiger partial charge < -0.3 is 26.0 Å². The second-order valence-electron chi connectivity index (χ2n) is 8.20. The molecule has 13 heteroatoms. The van der Waals surface area contributed by atoms with Gasteiger partial charge in [-0.2, -0.15) is 10.5 Å². The Hall–Kier alpha value is -4.17. The number of aromatic nitrogens is 2. The fraction of sp³-hybridized carbons (Fsp3) is 0.207. The number of halogens is 1. The maximum Gasteiger partial charge on any atom is 0.319 e. The molecule has 0 bridgehead atoms. The van der Waals surface area contributed by atoms with Crippen molar-refractivity contribution in [3.05, 3.63) is 75.8 Å². The van der Waals surface area contributed by atoms with E-state index in [-0.39, 0.29) is 43.3 Å². The standard InChI is InChI=1S/C27H21ClN6O3S2.C2H6O/c28-18-5-1-17(2-6-18)26-33-19(14-38-26)15-39-27-22(12-30)24(21(11-29)25(32)34-27)16-3-7-20(8-4-16)36-9-10-37-23(35)13-31;1-2-3/h1-8,14H,9-10,13,15,31H2,(H2,32,34);3H,2H2,1H3. The summed E-state index contributed by atoms with van der Waals surface area (Å²) in [6.45, 7) is 1.95. The predicted octanol–water partition coefficient (Wildman–Crippen LogP) is 5.02. The van der Waals surface area contributed by atoms with Crippen LogP contribution in [0, 0.1) is 22.7 Å². The molecule has 216 valence electrons. The number of hydrogen-bond acceptors (Lipinski definition) is 12. The number of benzene rings is 2. The number of nitrogens with zero attached hydrogens (tertiary/aromatic N) is 4. The van der Waals surface area contributed by atoms with E-state index in [1.54, 1.807) is 31.2 Å². The van der Waals surface area contributed by atoms with Crippen LogP contribution in [0.25, 0.3) is 21.7 Å². The molecule has 0 unspecified atom stereocenters. The topological polar surface area (TPSA) is 181 Å². The SMILES string of the molecule is CCO.N#Cc1c(N)nc(SCc2csc(-c3ccc(Cl)cc3)n2)c(C#N)c1-c1ccc(OCCOC(=O)CN)cc1. The molecule has 0 aliphatic carbocycles. The number of rotatable bonds is 10. The van der Waals surface area contributed by atoms with Crippen molar-refractivity contribution >= 4 is 46.5 Å². The lowest BCUT2D eigenvalue weighted by molar-refractivity contribution is -0.142. The van der Waals surface area contributed by atoms with Crippen molar-refractivity contribution in [1.82, 2.24) is 9.97 Å². The zero-order valence-electron chi connectivity index (χ0n) is 22.5. The Kier molecular flexibility index (Phi) is 12.6. The molecule has 0 aliphatic heterocycles. The van der Waals surface area contributed by atoms with Crippen LogP contribution in [0.1, 0.15) is 23.7 Å². The van der Waals surface area contributed by atoms with Crippen LogP contribution in [0.15, 0.2) is 58.9 Å². The molecule has 0 spiro atoms. The minimum Gasteiger partial charge on any atom is -0.490 e. The van der Waals surface area contributed by atoms with Crippen molar-refractivity contribution < 1.29 is 19.4 Å². The fourth-order valence-electron chi connectivity index (χ4n) is 3.52. The summed E-state index contributed by atoms with van der Waals surface area (Å²) in [5.41, 5.74) is 14.5. The Bertz CT molecular complexity index is 1580. The van der Waals surface area contributed by atoms with Crippen LogP contribution >= 0.6 is 34.7 Å². The minimum absolute atomic E-state index is 0.0381. The first-order valence-corrected chi connectivity index (χ1v) is 14.8. The van der Waals surface area contributed by atoms with Gasteiger partial charge in [-0.15, -0.1) is 11.3 Å². The number of hydrogen-bond donors (Lipinski definition) is 3. The molecule has 0 fully saturated rings. The van der Waals surface area contributed by atoms with Gasteiger partial charge in [0.1, 0.15) is 52.5 Å². The molecule has 0 saturated carbocycles. The zero-order chi connectivity index (χ0) is 30.5. The number of nitrogen functional groups attached to an aromatic ring is 1. The average molecular weight is 623 g/mol. The van der Waals surface area contributed by atoms with Crippen LogP contribution in [-0.2, 0) is 15.3 Å². The maximum absolute atomic E-state index is 11.1. The van der Waals surface area contributed by atoms with Crippen molar-refractivity contribution in [2.24, 2.45) is 5.73 Å². The van der Waals surface area contributed by atoms with E-state index in [9.17, 15) is 15.3 Å². The summed E-state index contributed by atoms with van der Waals surface area (Å²) >= 11 is 8.82. The van der Waals surface area contributed by atoms with Crippen LogP contribution in [0.2, 0.25) is 5.02 Å². The maximum atomic E-state index is 11.1. The van der Waals surface area contributed by atoms with Crippen LogP contribution in [-0.4, -0.2) is 47.4 Å². The molecule has 0 radical (unpaired) electrons. The van der Waals surface area contributed by atoms with Crippen molar-refractivity contribution in [1.29, 1.82) is 10.5 Å². The third-order valence-corrected chi connectivity index (χ3v) is 7.54. The van der Waals surface area contributed by atoms with Gasteiger partial charge in [0, 0.05) is 33.9 Å². The van der Waals surface area contributed by atoms with E-state index in [0.29, 0.717) is 32.7 Å². The third-order valence-electron chi connectivity index (χ3n) is 5.34. The number of carbonyl (C=O) groups is 1. The first kappa shape index (κ1) is 32.3. The molecule has 4 aromatic rings. The summed E-state index contributed by atoms with van der Waals surface area (Å²) in [4.78, 5) is 20.2. The molecule has 0 atom stereocenters. The zero-order valence-corrected chi connectivity index (χ0v) is 24.9. The van der Waals surface area contributed by atoms with Gasteiger partial charge in [0.15, 0.2) is 0 Å². The number of thiazole rings is 1. The quantitative estimate of drug-likeness (QED) is 0.123. The molecule has 0 aliphatic rings. The molecule has 5 N–H and O–H groups in total. The van der Waals surface area contributed by atoms with Gasteiger partial charge in [0.2, 0.25) is 0 Å². The number of nitrogens with two attached hydrogens (primary N) is 2. The second-order valence-corrected chi connectivity index (χ2v) is 10.5. The van der Waals surface area contributed by atoms with E-state index in [1.165, 1.54) is 23.1 Å². The van der Waals surface area contributed by atoms with Crippen molar-refractivity contribution in [2.75, 3.05) is 32.1 Å². The summed E-state index contributed by atoms with van der Waals surface area (Å²) < 4.78 is 10.5. The number of aliphatic hydroxyl groups excluding tert-OH is 1. The van der Waals surface area contributed by atoms with E-state index >= 15 is 0 Å². The lowest BCUT2D eigenvalue weighted by Crippen LogP contribution is -2.19. The summed E-state index contributed by atoms with van der Waals surface area (Å²) in [7, 11) is 0. The first-order chi connectivity index (χ1) is 20.3. The Morgan fingerprint density at radius 1 is 1.05 bits per heavy atom. The average Bonchev–Trinajstić information content (AvgIpc) is 3.48. The summed E-state index contributed by atoms with van der Waals surface area (Å²) in [6, 6.07) is 18.6. The number of nitriles is 2. The number of aliphatic hydroxyl groups is 1. The first-order valence-electron chi connectivity index (χ1n) is 12.5. The normalized spacial score (nSPS) is 10.1. The van der Waals surface area contributed by atoms with E-state index in [0.717, 1.165) is 16.3 Å². The van der Waals surface area contributed by atoms with Gasteiger partial charge in [-0.05, 0) is 36.8 Å². The fourth-order valence-corrected chi connectivity index (χ4v) is 5.47. The lowest BCUT2D eigenvalue weighted by atomic mass is 9.97. The Labute approximate surface area is 256 Å². The number of thioether (sulfide) groups is 1. The Morgan fingerprint density at radius 2 is 1.69 bits per heavy atom. The van der Waals surface area contributed by atoms with Gasteiger partial charge in [0.25, 0.3) is 0 Å². The van der Waals surface area contributed by atoms with E-state index in [2.05, 4.69) is 22.1 Å². The molecule has 2 heterocycles. The highest BCUT2D eigenvalue weighted by Gasteiger charge is 2.21. The van der Waals surface area contributed by atoms with Gasteiger partial charge in [-0.25, -0.2) is 9.97 Å². The van der Waals surface area contributed by atoms with Crippen molar-refractivity contribution in [2.45, 2.75) is 17.7 Å². The highest BCUT2D eigenvalue weighted by molar-refractivity contribution is 7.98. The minimum atomic E-state index is -0.511. The predicted molar refractivity (Wildman–Crippen MR) is 164 cm³/mol. The van der Waals surface area contributed by atoms with E-state index in [1.807, 2.05) is 29.6 Å². The molecular formula is C29H27ClN6O4S2. The third kappa shape index (κ3) is 8.66. The second kappa shape index (κ2) is 16.3. The number of anilines is 1. The number of ether oxygens (including phenoxy) is 2. The summed E-state index contributed by atoms with van der Waals surface area (Å²) in [6.07, 6.45) is 0. The van der Waals surface area contributed by atoms with Gasteiger partial charge >= 0.3 is 5.97 Å². The lowest BCUT2D eigenvalue weighted by Gasteiger charge is -2.13. The Morgan fingerprint density at radius 3 is 2.31 bits per heavy atom. The van der Waals surface area contributed by atoms with Gasteiger partial charge in [0.05, 0.1) is 17.8 Å². The highest BCUT2D eigenvalue weighted by Crippen LogP contribution is 2.37. The number of esters is 1. The summed E-state index contributed by atoms with van der Waals surface area (Å²) in [5, 5.41) is 31.3. The van der Waals surface area contributed by atoms with Crippen LogP contribution < -0.4 is 16.2 Å². The smallest absolute Gasteiger partial charge is 0.319 e. The van der Waals surface area contributed by atoms with Crippen LogP contribution in [0.4, 0.5) is 5.82 Å². The number of carbonyl (C=O) groups excluding carboxylic acids is 1. The molecular weight excluding hydrogens is 596 g/mol. The van der Waals surface area contributed by atoms with Gasteiger partial charge in [-0.3, -0.25) is 4.79 Å². The molecule has 0 saturated heterocycles. The van der Waals surface area contributed by atoms with Crippen LogP contribution in [0.5, 0.6) is 5.75 Å². The van der Waals surface area contributed by atoms with Gasteiger partial charge in [-0.1, -0.05) is 47.6 Å². The highest BCUT2D eigenvalue weighted by atomic mass is 35.5. The molecule has 0 amide bonds. The van der Waals surface area contributed by atoms with Crippen molar-refractivity contribution in [3.63, 3.8) is 0 Å². The largest absolute Gasteiger partial charge is 0.490 e.